The van der Waals surface area contributed by atoms with Crippen LogP contribution >= 0.6 is 0 Å². The van der Waals surface area contributed by atoms with Gasteiger partial charge in [0.2, 0.25) is 0 Å². The Labute approximate surface area is 97.5 Å². The number of nitrogens with one attached hydrogen (secondary N) is 1. The molecule has 0 amide bonds. The van der Waals surface area contributed by atoms with Crippen molar-refractivity contribution in [2.75, 3.05) is 0 Å². The van der Waals surface area contributed by atoms with Gasteiger partial charge in [-0.15, -0.1) is 0 Å². The Morgan fingerprint density at radius 2 is 1.78 bits per heavy atom. The van der Waals surface area contributed by atoms with Crippen molar-refractivity contribution < 1.29 is 13.2 Å². The third-order valence-electron chi connectivity index (χ3n) is 2.22. The van der Waals surface area contributed by atoms with E-state index in [4.69, 9.17) is 0 Å². The molecule has 18 heavy (non-hydrogen) atoms. The van der Waals surface area contributed by atoms with Crippen LogP contribution in [0.25, 0.3) is 0 Å². The van der Waals surface area contributed by atoms with Gasteiger partial charge in [0.25, 0.3) is 0 Å². The van der Waals surface area contributed by atoms with E-state index in [0.29, 0.717) is 12.1 Å². The molecule has 94 valence electrons. The first-order valence-electron chi connectivity index (χ1n) is 4.76. The van der Waals surface area contributed by atoms with Gasteiger partial charge in [0.1, 0.15) is 12.1 Å². The summed E-state index contributed by atoms with van der Waals surface area (Å²) in [7, 11) is 0. The molecule has 1 aromatic heterocycles. The van der Waals surface area contributed by atoms with Crippen molar-refractivity contribution in [1.29, 1.82) is 0 Å². The van der Waals surface area contributed by atoms with Crippen LogP contribution in [-0.2, 0) is 6.54 Å². The van der Waals surface area contributed by atoms with Crippen molar-refractivity contribution in [3.05, 3.63) is 62.4 Å². The summed E-state index contributed by atoms with van der Waals surface area (Å²) in [5.74, 6) is -3.54. The molecule has 0 radical (unpaired) electrons. The van der Waals surface area contributed by atoms with Crippen LogP contribution < -0.4 is 11.4 Å². The van der Waals surface area contributed by atoms with Crippen molar-refractivity contribution in [2.24, 2.45) is 0 Å². The van der Waals surface area contributed by atoms with E-state index < -0.39 is 28.8 Å². The lowest BCUT2D eigenvalue weighted by atomic mass is 10.2. The summed E-state index contributed by atoms with van der Waals surface area (Å²) in [6.07, 6.45) is 0.891. The van der Waals surface area contributed by atoms with Gasteiger partial charge in [-0.25, -0.2) is 22.8 Å². The lowest BCUT2D eigenvalue weighted by Crippen LogP contribution is -2.31. The van der Waals surface area contributed by atoms with Crippen molar-refractivity contribution in [3.8, 4) is 0 Å². The molecule has 0 bridgehead atoms. The molecule has 0 saturated carbocycles. The van der Waals surface area contributed by atoms with E-state index in [9.17, 15) is 22.8 Å². The van der Waals surface area contributed by atoms with Crippen LogP contribution in [0.4, 0.5) is 13.2 Å². The van der Waals surface area contributed by atoms with Crippen molar-refractivity contribution >= 4 is 0 Å². The molecular weight excluding hydrogens is 251 g/mol. The van der Waals surface area contributed by atoms with E-state index in [2.05, 4.69) is 4.98 Å². The van der Waals surface area contributed by atoms with Crippen molar-refractivity contribution in [1.82, 2.24) is 14.5 Å². The Bertz CT molecular complexity index is 708. The molecule has 0 atom stereocenters. The molecule has 8 heteroatoms. The smallest absolute Gasteiger partial charge is 0.279 e. The topological polar surface area (TPSA) is 67.8 Å². The maximum absolute atomic E-state index is 13.3. The Balaban J connectivity index is 2.43. The highest BCUT2D eigenvalue weighted by molar-refractivity contribution is 5.20. The summed E-state index contributed by atoms with van der Waals surface area (Å²) in [4.78, 5) is 27.1. The van der Waals surface area contributed by atoms with Gasteiger partial charge in [-0.3, -0.25) is 9.55 Å². The summed E-state index contributed by atoms with van der Waals surface area (Å²) >= 11 is 0. The molecule has 0 spiro atoms. The molecular formula is C10H6F3N3O2. The minimum atomic E-state index is -1.32. The lowest BCUT2D eigenvalue weighted by molar-refractivity contribution is 0.487. The second-order valence-corrected chi connectivity index (χ2v) is 3.47. The number of aromatic amines is 1. The Kier molecular flexibility index (Phi) is 3.00. The Hall–Kier alpha value is -2.38. The first-order chi connectivity index (χ1) is 8.47. The number of aromatic nitrogens is 3. The zero-order valence-corrected chi connectivity index (χ0v) is 8.78. The van der Waals surface area contributed by atoms with Gasteiger partial charge in [-0.2, -0.15) is 4.98 Å². The molecule has 5 nitrogen and oxygen atoms in total. The SMILES string of the molecule is O=c1ncn(Cc2cc(F)c(F)cc2F)c(=O)[nH]1. The largest absolute Gasteiger partial charge is 0.350 e. The standard InChI is InChI=1S/C10H6F3N3O2/c11-6-2-8(13)7(12)1-5(6)3-16-4-14-9(17)15-10(16)18/h1-2,4H,3H2,(H,15,17,18). The Morgan fingerprint density at radius 3 is 2.44 bits per heavy atom. The number of H-pyrrole nitrogens is 1. The molecule has 1 heterocycles. The number of nitrogens with zero attached hydrogens (tertiary/aromatic N) is 2. The summed E-state index contributed by atoms with van der Waals surface area (Å²) in [6, 6.07) is 1.02. The van der Waals surface area contributed by atoms with Crippen LogP contribution in [0.5, 0.6) is 0 Å². The van der Waals surface area contributed by atoms with Crippen molar-refractivity contribution in [3.63, 3.8) is 0 Å². The second-order valence-electron chi connectivity index (χ2n) is 3.47. The fourth-order valence-electron chi connectivity index (χ4n) is 1.35. The highest BCUT2D eigenvalue weighted by Gasteiger charge is 2.11. The monoisotopic (exact) mass is 257 g/mol. The fourth-order valence-corrected chi connectivity index (χ4v) is 1.35. The molecule has 1 N–H and O–H groups in total. The number of halogens is 3. The van der Waals surface area contributed by atoms with Crippen LogP contribution in [0.3, 0.4) is 0 Å². The molecule has 0 aliphatic rings. The average Bonchev–Trinajstić information content (AvgIpc) is 2.29. The predicted octanol–water partition coefficient (Wildman–Crippen LogP) is 0.397. The van der Waals surface area contributed by atoms with Gasteiger partial charge in [0, 0.05) is 11.6 Å². The van der Waals surface area contributed by atoms with E-state index in [0.717, 1.165) is 10.9 Å². The van der Waals surface area contributed by atoms with Gasteiger partial charge in [-0.05, 0) is 6.07 Å². The zero-order valence-electron chi connectivity index (χ0n) is 8.78. The fraction of sp³-hybridized carbons (Fsp3) is 0.100. The van der Waals surface area contributed by atoms with E-state index in [1.807, 2.05) is 4.98 Å². The van der Waals surface area contributed by atoms with Gasteiger partial charge < -0.3 is 0 Å². The van der Waals surface area contributed by atoms with Crippen LogP contribution in [0.2, 0.25) is 0 Å². The molecule has 2 rings (SSSR count). The second kappa shape index (κ2) is 4.47. The minimum absolute atomic E-state index is 0.232. The van der Waals surface area contributed by atoms with E-state index >= 15 is 0 Å². The third-order valence-corrected chi connectivity index (χ3v) is 2.22. The summed E-state index contributed by atoms with van der Waals surface area (Å²) < 4.78 is 39.8. The maximum atomic E-state index is 13.3. The maximum Gasteiger partial charge on any atom is 0.350 e. The van der Waals surface area contributed by atoms with Crippen LogP contribution in [-0.4, -0.2) is 14.5 Å². The molecule has 2 aromatic rings. The molecule has 1 aromatic carbocycles. The number of hydrogen-bond acceptors (Lipinski definition) is 3. The molecule has 0 saturated heterocycles. The summed E-state index contributed by atoms with van der Waals surface area (Å²) in [5.41, 5.74) is -1.90. The summed E-state index contributed by atoms with van der Waals surface area (Å²) in [5, 5.41) is 0. The van der Waals surface area contributed by atoms with E-state index in [-0.39, 0.29) is 12.1 Å². The Morgan fingerprint density at radius 1 is 1.11 bits per heavy atom. The van der Waals surface area contributed by atoms with E-state index in [1.54, 1.807) is 0 Å². The first-order valence-corrected chi connectivity index (χ1v) is 4.76. The van der Waals surface area contributed by atoms with Crippen LogP contribution in [0.15, 0.2) is 28.0 Å². The highest BCUT2D eigenvalue weighted by atomic mass is 19.2. The lowest BCUT2D eigenvalue weighted by Gasteiger charge is -2.06. The zero-order chi connectivity index (χ0) is 13.3. The number of rotatable bonds is 2. The predicted molar refractivity (Wildman–Crippen MR) is 54.5 cm³/mol. The highest BCUT2D eigenvalue weighted by Crippen LogP contribution is 2.14. The van der Waals surface area contributed by atoms with Gasteiger partial charge in [0.15, 0.2) is 11.6 Å². The van der Waals surface area contributed by atoms with Gasteiger partial charge in [0.05, 0.1) is 6.54 Å². The minimum Gasteiger partial charge on any atom is -0.279 e. The first kappa shape index (κ1) is 12.1. The third kappa shape index (κ3) is 2.31. The van der Waals surface area contributed by atoms with E-state index in [1.165, 1.54) is 0 Å². The quantitative estimate of drug-likeness (QED) is 0.792. The average molecular weight is 257 g/mol. The molecule has 0 unspecified atom stereocenters. The van der Waals surface area contributed by atoms with Gasteiger partial charge >= 0.3 is 11.4 Å². The van der Waals surface area contributed by atoms with Gasteiger partial charge in [-0.1, -0.05) is 0 Å². The number of hydrogen-bond donors (Lipinski definition) is 1. The van der Waals surface area contributed by atoms with Crippen LogP contribution in [0.1, 0.15) is 5.56 Å². The number of benzene rings is 1. The molecule has 0 aliphatic heterocycles. The molecule has 0 fully saturated rings. The normalized spacial score (nSPS) is 10.6. The molecule has 0 aliphatic carbocycles. The van der Waals surface area contributed by atoms with Crippen LogP contribution in [0, 0.1) is 17.5 Å². The summed E-state index contributed by atoms with van der Waals surface area (Å²) in [6.45, 7) is -0.369. The van der Waals surface area contributed by atoms with Crippen molar-refractivity contribution in [2.45, 2.75) is 6.54 Å².